The molecule has 92 valence electrons. The monoisotopic (exact) mass is 232 g/mol. The van der Waals surface area contributed by atoms with Crippen molar-refractivity contribution < 1.29 is 9.47 Å². The van der Waals surface area contributed by atoms with Gasteiger partial charge in [-0.15, -0.1) is 0 Å². The summed E-state index contributed by atoms with van der Waals surface area (Å²) < 4.78 is 11.0. The number of rotatable bonds is 6. The normalized spacial score (nSPS) is 41.2. The van der Waals surface area contributed by atoms with Gasteiger partial charge in [0.1, 0.15) is 0 Å². The number of hydrogen-bond acceptors (Lipinski definition) is 2. The van der Waals surface area contributed by atoms with Gasteiger partial charge in [-0.05, 0) is 31.6 Å². The van der Waals surface area contributed by atoms with Gasteiger partial charge in [-0.1, -0.05) is 24.8 Å². The van der Waals surface area contributed by atoms with E-state index in [2.05, 4.69) is 19.2 Å². The predicted molar refractivity (Wildman–Crippen MR) is 67.2 cm³/mol. The number of fused-ring (bicyclic) bond motifs is 1. The van der Waals surface area contributed by atoms with Crippen molar-refractivity contribution in [3.8, 4) is 0 Å². The van der Waals surface area contributed by atoms with Crippen LogP contribution in [0.15, 0.2) is 37.3 Å². The van der Waals surface area contributed by atoms with Crippen molar-refractivity contribution in [1.29, 1.82) is 0 Å². The zero-order valence-electron chi connectivity index (χ0n) is 10.3. The van der Waals surface area contributed by atoms with Gasteiger partial charge in [0, 0.05) is 10.8 Å². The van der Waals surface area contributed by atoms with E-state index in [1.54, 1.807) is 18.1 Å². The van der Waals surface area contributed by atoms with Crippen molar-refractivity contribution in [2.45, 2.75) is 25.7 Å². The van der Waals surface area contributed by atoms with Crippen LogP contribution in [0.1, 0.15) is 25.7 Å². The van der Waals surface area contributed by atoms with Crippen LogP contribution in [0.5, 0.6) is 0 Å². The fourth-order valence-electron chi connectivity index (χ4n) is 4.35. The molecule has 5 aliphatic carbocycles. The highest BCUT2D eigenvalue weighted by Crippen LogP contribution is 2.69. The van der Waals surface area contributed by atoms with Crippen molar-refractivity contribution in [2.24, 2.45) is 16.7 Å². The molecule has 0 aromatic rings. The van der Waals surface area contributed by atoms with Crippen LogP contribution in [0.4, 0.5) is 0 Å². The maximum Gasteiger partial charge on any atom is 0.0966 e. The number of ether oxygens (including phenoxy) is 2. The molecule has 0 amide bonds. The molecule has 0 aliphatic heterocycles. The van der Waals surface area contributed by atoms with E-state index < -0.39 is 0 Å². The molecule has 2 nitrogen and oxygen atoms in total. The molecule has 0 heterocycles. The first-order valence-electron chi connectivity index (χ1n) is 6.39. The highest BCUT2D eigenvalue weighted by atomic mass is 16.5. The first-order chi connectivity index (χ1) is 8.24. The van der Waals surface area contributed by atoms with Crippen LogP contribution in [0.2, 0.25) is 0 Å². The Kier molecular flexibility index (Phi) is 2.35. The Morgan fingerprint density at radius 3 is 2.71 bits per heavy atom. The lowest BCUT2D eigenvalue weighted by Gasteiger charge is -2.64. The van der Waals surface area contributed by atoms with Crippen molar-refractivity contribution in [3.63, 3.8) is 0 Å². The van der Waals surface area contributed by atoms with Crippen LogP contribution in [0, 0.1) is 16.7 Å². The topological polar surface area (TPSA) is 18.5 Å². The standard InChI is InChI=1S/C15H20O2/c1-3-16-10-14-6-5-13-12(7-14)8-15(13,9-14)11-17-4-2/h3-5,12H,1-2,6-11H2. The number of hydrogen-bond donors (Lipinski definition) is 0. The fourth-order valence-corrected chi connectivity index (χ4v) is 4.35. The van der Waals surface area contributed by atoms with Gasteiger partial charge in [0.25, 0.3) is 0 Å². The molecule has 2 heteroatoms. The van der Waals surface area contributed by atoms with Crippen molar-refractivity contribution in [3.05, 3.63) is 37.3 Å². The van der Waals surface area contributed by atoms with Gasteiger partial charge < -0.3 is 9.47 Å². The first kappa shape index (κ1) is 10.9. The molecule has 5 aliphatic rings. The molecule has 0 spiro atoms. The van der Waals surface area contributed by atoms with Gasteiger partial charge in [0.2, 0.25) is 0 Å². The predicted octanol–water partition coefficient (Wildman–Crippen LogP) is 3.42. The van der Waals surface area contributed by atoms with Crippen LogP contribution >= 0.6 is 0 Å². The summed E-state index contributed by atoms with van der Waals surface area (Å²) in [6.45, 7) is 8.90. The summed E-state index contributed by atoms with van der Waals surface area (Å²) in [6, 6.07) is 0. The molecule has 0 saturated heterocycles. The van der Waals surface area contributed by atoms with E-state index in [0.29, 0.717) is 10.8 Å². The summed E-state index contributed by atoms with van der Waals surface area (Å²) in [6.07, 6.45) is 10.6. The van der Waals surface area contributed by atoms with Crippen LogP contribution in [-0.2, 0) is 9.47 Å². The Morgan fingerprint density at radius 1 is 1.24 bits per heavy atom. The molecule has 0 aromatic carbocycles. The van der Waals surface area contributed by atoms with Crippen LogP contribution in [0.3, 0.4) is 0 Å². The van der Waals surface area contributed by atoms with Crippen LogP contribution in [-0.4, -0.2) is 13.2 Å². The minimum atomic E-state index is 0.305. The lowest BCUT2D eigenvalue weighted by atomic mass is 9.41. The molecular formula is C15H20O2. The Balaban J connectivity index is 1.78. The zero-order chi connectivity index (χ0) is 11.9. The SMILES string of the molecule is C=COCC12CC=C3C(C1)CC3(COC=C)C2. The van der Waals surface area contributed by atoms with Crippen molar-refractivity contribution >= 4 is 0 Å². The van der Waals surface area contributed by atoms with E-state index in [9.17, 15) is 0 Å². The van der Waals surface area contributed by atoms with Crippen LogP contribution in [0.25, 0.3) is 0 Å². The van der Waals surface area contributed by atoms with Crippen LogP contribution < -0.4 is 0 Å². The second-order valence-electron chi connectivity index (χ2n) is 5.88. The molecular weight excluding hydrogens is 212 g/mol. The third-order valence-corrected chi connectivity index (χ3v) is 4.82. The molecule has 0 N–H and O–H groups in total. The maximum atomic E-state index is 5.48. The van der Waals surface area contributed by atoms with E-state index in [-0.39, 0.29) is 0 Å². The molecule has 5 rings (SSSR count). The maximum absolute atomic E-state index is 5.48. The summed E-state index contributed by atoms with van der Waals surface area (Å²) in [7, 11) is 0. The fraction of sp³-hybridized carbons (Fsp3) is 0.600. The van der Waals surface area contributed by atoms with Gasteiger partial charge in [-0.2, -0.15) is 0 Å². The second-order valence-corrected chi connectivity index (χ2v) is 5.88. The quantitative estimate of drug-likeness (QED) is 0.516. The van der Waals surface area contributed by atoms with Gasteiger partial charge in [0.15, 0.2) is 0 Å². The minimum absolute atomic E-state index is 0.305. The molecule has 0 radical (unpaired) electrons. The highest BCUT2D eigenvalue weighted by Gasteiger charge is 2.62. The summed E-state index contributed by atoms with van der Waals surface area (Å²) in [5.41, 5.74) is 2.29. The van der Waals surface area contributed by atoms with Gasteiger partial charge in [-0.3, -0.25) is 0 Å². The second kappa shape index (κ2) is 3.66. The molecule has 17 heavy (non-hydrogen) atoms. The Morgan fingerprint density at radius 2 is 2.00 bits per heavy atom. The van der Waals surface area contributed by atoms with Crippen molar-refractivity contribution in [2.75, 3.05) is 13.2 Å². The smallest absolute Gasteiger partial charge is 0.0966 e. The third kappa shape index (κ3) is 1.46. The van der Waals surface area contributed by atoms with Gasteiger partial charge in [0.05, 0.1) is 25.7 Å². The van der Waals surface area contributed by atoms with E-state index >= 15 is 0 Å². The Hall–Kier alpha value is -1.18. The Labute approximate surface area is 103 Å². The first-order valence-corrected chi connectivity index (χ1v) is 6.39. The zero-order valence-corrected chi connectivity index (χ0v) is 10.3. The molecule has 3 atom stereocenters. The molecule has 3 unspecified atom stereocenters. The highest BCUT2D eigenvalue weighted by molar-refractivity contribution is 5.36. The molecule has 4 bridgehead atoms. The van der Waals surface area contributed by atoms with E-state index in [0.717, 1.165) is 19.1 Å². The van der Waals surface area contributed by atoms with Gasteiger partial charge >= 0.3 is 0 Å². The van der Waals surface area contributed by atoms with Gasteiger partial charge in [-0.25, -0.2) is 0 Å². The summed E-state index contributed by atoms with van der Waals surface area (Å²) in [5.74, 6) is 0.791. The largest absolute Gasteiger partial charge is 0.501 e. The average molecular weight is 232 g/mol. The minimum Gasteiger partial charge on any atom is -0.501 e. The number of allylic oxidation sites excluding steroid dienone is 1. The molecule has 3 fully saturated rings. The molecule has 3 saturated carbocycles. The molecule has 0 aromatic heterocycles. The lowest BCUT2D eigenvalue weighted by Crippen LogP contribution is -2.57. The third-order valence-electron chi connectivity index (χ3n) is 4.82. The van der Waals surface area contributed by atoms with E-state index in [4.69, 9.17) is 9.47 Å². The average Bonchev–Trinajstić information content (AvgIpc) is 2.34. The van der Waals surface area contributed by atoms with E-state index in [1.165, 1.54) is 25.7 Å². The Bertz CT molecular complexity index is 384. The van der Waals surface area contributed by atoms with E-state index in [1.807, 2.05) is 0 Å². The summed E-state index contributed by atoms with van der Waals surface area (Å²) >= 11 is 0. The van der Waals surface area contributed by atoms with Crippen molar-refractivity contribution in [1.82, 2.24) is 0 Å². The lowest BCUT2D eigenvalue weighted by molar-refractivity contribution is -0.0910. The summed E-state index contributed by atoms with van der Waals surface area (Å²) in [5, 5.41) is 0. The summed E-state index contributed by atoms with van der Waals surface area (Å²) in [4.78, 5) is 0.